The van der Waals surface area contributed by atoms with Crippen LogP contribution in [0.25, 0.3) is 0 Å². The minimum atomic E-state index is -0.152. The Labute approximate surface area is 115 Å². The molecule has 2 heterocycles. The summed E-state index contributed by atoms with van der Waals surface area (Å²) in [6.45, 7) is 5.06. The number of rotatable bonds is 6. The first-order valence-electron chi connectivity index (χ1n) is 7.37. The molecule has 0 aromatic carbocycles. The lowest BCUT2D eigenvalue weighted by molar-refractivity contribution is 0.158. The Morgan fingerprint density at radius 2 is 2.21 bits per heavy atom. The van der Waals surface area contributed by atoms with E-state index in [1.807, 2.05) is 25.3 Å². The zero-order valence-electron chi connectivity index (χ0n) is 11.8. The molecule has 4 heteroatoms. The second-order valence-electron chi connectivity index (χ2n) is 5.25. The molecule has 1 aromatic heterocycles. The van der Waals surface area contributed by atoms with Gasteiger partial charge in [-0.15, -0.1) is 0 Å². The van der Waals surface area contributed by atoms with Gasteiger partial charge in [0.25, 0.3) is 0 Å². The van der Waals surface area contributed by atoms with Gasteiger partial charge in [-0.05, 0) is 44.4 Å². The Bertz CT molecular complexity index is 350. The molecule has 106 valence electrons. The van der Waals surface area contributed by atoms with Crippen molar-refractivity contribution in [2.24, 2.45) is 0 Å². The number of hydrogen-bond donors (Lipinski definition) is 2. The maximum absolute atomic E-state index is 9.52. The van der Waals surface area contributed by atoms with Crippen molar-refractivity contribution in [2.45, 2.75) is 44.8 Å². The van der Waals surface area contributed by atoms with E-state index in [1.54, 1.807) is 0 Å². The highest BCUT2D eigenvalue weighted by Crippen LogP contribution is 2.17. The van der Waals surface area contributed by atoms with E-state index in [-0.39, 0.29) is 6.10 Å². The largest absolute Gasteiger partial charge is 0.393 e. The van der Waals surface area contributed by atoms with E-state index in [4.69, 9.17) is 0 Å². The van der Waals surface area contributed by atoms with Crippen LogP contribution >= 0.6 is 0 Å². The van der Waals surface area contributed by atoms with Crippen molar-refractivity contribution in [3.63, 3.8) is 0 Å². The van der Waals surface area contributed by atoms with Crippen LogP contribution in [0.15, 0.2) is 24.4 Å². The number of anilines is 1. The highest BCUT2D eigenvalue weighted by atomic mass is 16.3. The van der Waals surface area contributed by atoms with Gasteiger partial charge in [0, 0.05) is 25.3 Å². The molecule has 1 aliphatic heterocycles. The van der Waals surface area contributed by atoms with E-state index >= 15 is 0 Å². The first-order chi connectivity index (χ1) is 9.29. The normalized spacial score (nSPS) is 18.5. The van der Waals surface area contributed by atoms with Crippen LogP contribution in [0, 0.1) is 0 Å². The molecular weight excluding hydrogens is 238 g/mol. The average Bonchev–Trinajstić information content (AvgIpc) is 2.48. The summed E-state index contributed by atoms with van der Waals surface area (Å²) in [6.07, 6.45) is 5.71. The maximum atomic E-state index is 9.52. The Morgan fingerprint density at radius 1 is 1.42 bits per heavy atom. The van der Waals surface area contributed by atoms with Crippen LogP contribution in [-0.2, 0) is 0 Å². The Hall–Kier alpha value is -1.13. The molecule has 1 atom stereocenters. The highest BCUT2D eigenvalue weighted by molar-refractivity contribution is 5.38. The maximum Gasteiger partial charge on any atom is 0.128 e. The summed E-state index contributed by atoms with van der Waals surface area (Å²) in [5, 5.41) is 13.1. The van der Waals surface area contributed by atoms with Gasteiger partial charge < -0.3 is 15.3 Å². The predicted molar refractivity (Wildman–Crippen MR) is 78.4 cm³/mol. The van der Waals surface area contributed by atoms with Crippen molar-refractivity contribution in [2.75, 3.05) is 24.5 Å². The lowest BCUT2D eigenvalue weighted by Crippen LogP contribution is -2.43. The standard InChI is InChI=1S/C15H25N3O/c1-2-14(19)6-10-16-13-7-11-18(12-8-13)15-5-3-4-9-17-15/h3-5,9,13-14,16,19H,2,6-8,10-12H2,1H3. The van der Waals surface area contributed by atoms with E-state index in [0.29, 0.717) is 6.04 Å². The van der Waals surface area contributed by atoms with E-state index in [9.17, 15) is 5.11 Å². The molecule has 2 rings (SSSR count). The van der Waals surface area contributed by atoms with Gasteiger partial charge in [0.15, 0.2) is 0 Å². The summed E-state index contributed by atoms with van der Waals surface area (Å²) in [4.78, 5) is 6.74. The minimum absolute atomic E-state index is 0.152. The molecular formula is C15H25N3O. The number of hydrogen-bond acceptors (Lipinski definition) is 4. The van der Waals surface area contributed by atoms with Crippen molar-refractivity contribution in [1.29, 1.82) is 0 Å². The molecule has 2 N–H and O–H groups in total. The fraction of sp³-hybridized carbons (Fsp3) is 0.667. The van der Waals surface area contributed by atoms with Crippen LogP contribution < -0.4 is 10.2 Å². The van der Waals surface area contributed by atoms with Crippen molar-refractivity contribution in [3.8, 4) is 0 Å². The van der Waals surface area contributed by atoms with Gasteiger partial charge in [-0.1, -0.05) is 13.0 Å². The predicted octanol–water partition coefficient (Wildman–Crippen LogP) is 1.80. The monoisotopic (exact) mass is 263 g/mol. The van der Waals surface area contributed by atoms with Crippen LogP contribution in [0.4, 0.5) is 5.82 Å². The molecule has 1 fully saturated rings. The lowest BCUT2D eigenvalue weighted by atomic mass is 10.0. The number of nitrogens with zero attached hydrogens (tertiary/aromatic N) is 2. The van der Waals surface area contributed by atoms with Gasteiger partial charge in [0.05, 0.1) is 6.10 Å². The molecule has 19 heavy (non-hydrogen) atoms. The third-order valence-corrected chi connectivity index (χ3v) is 3.85. The summed E-state index contributed by atoms with van der Waals surface area (Å²) >= 11 is 0. The highest BCUT2D eigenvalue weighted by Gasteiger charge is 2.19. The van der Waals surface area contributed by atoms with Gasteiger partial charge in [0.2, 0.25) is 0 Å². The van der Waals surface area contributed by atoms with Gasteiger partial charge in [-0.3, -0.25) is 0 Å². The molecule has 1 aromatic rings. The molecule has 0 bridgehead atoms. The van der Waals surface area contributed by atoms with Gasteiger partial charge in [0.1, 0.15) is 5.82 Å². The van der Waals surface area contributed by atoms with Gasteiger partial charge in [-0.2, -0.15) is 0 Å². The summed E-state index contributed by atoms with van der Waals surface area (Å²) in [5.74, 6) is 1.09. The lowest BCUT2D eigenvalue weighted by Gasteiger charge is -2.33. The Balaban J connectivity index is 1.68. The number of nitrogens with one attached hydrogen (secondary N) is 1. The number of aliphatic hydroxyl groups excluding tert-OH is 1. The van der Waals surface area contributed by atoms with Crippen LogP contribution in [0.2, 0.25) is 0 Å². The van der Waals surface area contributed by atoms with Crippen molar-refractivity contribution in [1.82, 2.24) is 10.3 Å². The second kappa shape index (κ2) is 7.46. The molecule has 0 aliphatic carbocycles. The van der Waals surface area contributed by atoms with Crippen molar-refractivity contribution >= 4 is 5.82 Å². The number of piperidine rings is 1. The van der Waals surface area contributed by atoms with Crippen molar-refractivity contribution in [3.05, 3.63) is 24.4 Å². The quantitative estimate of drug-likeness (QED) is 0.821. The smallest absolute Gasteiger partial charge is 0.128 e. The Morgan fingerprint density at radius 3 is 2.84 bits per heavy atom. The fourth-order valence-electron chi connectivity index (χ4n) is 2.51. The summed E-state index contributed by atoms with van der Waals surface area (Å²) in [7, 11) is 0. The van der Waals surface area contributed by atoms with Crippen LogP contribution in [-0.4, -0.2) is 41.9 Å². The van der Waals surface area contributed by atoms with Gasteiger partial charge >= 0.3 is 0 Å². The van der Waals surface area contributed by atoms with E-state index in [2.05, 4.69) is 21.3 Å². The van der Waals surface area contributed by atoms with E-state index in [0.717, 1.165) is 51.1 Å². The molecule has 0 radical (unpaired) electrons. The summed E-state index contributed by atoms with van der Waals surface area (Å²) < 4.78 is 0. The minimum Gasteiger partial charge on any atom is -0.393 e. The molecule has 4 nitrogen and oxygen atoms in total. The summed E-state index contributed by atoms with van der Waals surface area (Å²) in [6, 6.07) is 6.66. The molecule has 0 saturated carbocycles. The first-order valence-corrected chi connectivity index (χ1v) is 7.37. The van der Waals surface area contributed by atoms with Crippen LogP contribution in [0.3, 0.4) is 0 Å². The van der Waals surface area contributed by atoms with Crippen LogP contribution in [0.1, 0.15) is 32.6 Å². The molecule has 1 saturated heterocycles. The second-order valence-corrected chi connectivity index (χ2v) is 5.25. The average molecular weight is 263 g/mol. The summed E-state index contributed by atoms with van der Waals surface area (Å²) in [5.41, 5.74) is 0. The SMILES string of the molecule is CCC(O)CCNC1CCN(c2ccccn2)CC1. The third kappa shape index (κ3) is 4.48. The number of aromatic nitrogens is 1. The molecule has 0 spiro atoms. The zero-order valence-corrected chi connectivity index (χ0v) is 11.8. The number of pyridine rings is 1. The van der Waals surface area contributed by atoms with E-state index in [1.165, 1.54) is 0 Å². The molecule has 1 aliphatic rings. The first kappa shape index (κ1) is 14.3. The molecule has 1 unspecified atom stereocenters. The van der Waals surface area contributed by atoms with E-state index < -0.39 is 0 Å². The fourth-order valence-corrected chi connectivity index (χ4v) is 2.51. The van der Waals surface area contributed by atoms with Crippen molar-refractivity contribution < 1.29 is 5.11 Å². The third-order valence-electron chi connectivity index (χ3n) is 3.85. The zero-order chi connectivity index (χ0) is 13.5. The molecule has 0 amide bonds. The number of aliphatic hydroxyl groups is 1. The van der Waals surface area contributed by atoms with Crippen LogP contribution in [0.5, 0.6) is 0 Å². The Kier molecular flexibility index (Phi) is 5.61. The topological polar surface area (TPSA) is 48.4 Å². The van der Waals surface area contributed by atoms with Gasteiger partial charge in [-0.25, -0.2) is 4.98 Å².